The van der Waals surface area contributed by atoms with Gasteiger partial charge >= 0.3 is 0 Å². The largest absolute Gasteiger partial charge is 0.368 e. The Balaban J connectivity index is 0.00000240. The summed E-state index contributed by atoms with van der Waals surface area (Å²) in [6.07, 6.45) is 3.58. The highest BCUT2D eigenvalue weighted by Crippen LogP contribution is 2.32. The molecule has 0 unspecified atom stereocenters. The molecule has 1 fully saturated rings. The van der Waals surface area contributed by atoms with E-state index in [0.29, 0.717) is 16.9 Å². The number of nitrogens with zero attached hydrogens (tertiary/aromatic N) is 5. The fraction of sp³-hybridized carbons (Fsp3) is 0.368. The summed E-state index contributed by atoms with van der Waals surface area (Å²) in [5.74, 6) is 1.41. The molecule has 3 aromatic heterocycles. The maximum atomic E-state index is 6.28. The molecule has 0 radical (unpaired) electrons. The third-order valence-corrected chi connectivity index (χ3v) is 4.98. The smallest absolute Gasteiger partial charge is 0.228 e. The van der Waals surface area contributed by atoms with Crippen LogP contribution in [0.15, 0.2) is 30.6 Å². The van der Waals surface area contributed by atoms with Crippen LogP contribution in [-0.2, 0) is 0 Å². The zero-order chi connectivity index (χ0) is 19.5. The van der Waals surface area contributed by atoms with E-state index in [1.165, 1.54) is 0 Å². The first kappa shape index (κ1) is 21.3. The van der Waals surface area contributed by atoms with Crippen LogP contribution in [0.5, 0.6) is 0 Å². The zero-order valence-electron chi connectivity index (χ0n) is 16.3. The van der Waals surface area contributed by atoms with Gasteiger partial charge in [0.15, 0.2) is 5.15 Å². The Hall–Kier alpha value is -2.42. The number of halogens is 2. The van der Waals surface area contributed by atoms with Gasteiger partial charge in [0.2, 0.25) is 5.95 Å². The van der Waals surface area contributed by atoms with Crippen LogP contribution in [-0.4, -0.2) is 51.3 Å². The Labute approximate surface area is 180 Å². The van der Waals surface area contributed by atoms with Crippen molar-refractivity contribution in [1.29, 1.82) is 0 Å². The lowest BCUT2D eigenvalue weighted by Gasteiger charge is -2.29. The van der Waals surface area contributed by atoms with Crippen LogP contribution >= 0.6 is 24.0 Å². The van der Waals surface area contributed by atoms with E-state index in [1.807, 2.05) is 18.3 Å². The predicted octanol–water partition coefficient (Wildman–Crippen LogP) is 3.61. The summed E-state index contributed by atoms with van der Waals surface area (Å²) in [6, 6.07) is 5.83. The van der Waals surface area contributed by atoms with E-state index < -0.39 is 0 Å². The molecule has 1 aliphatic heterocycles. The average molecular weight is 435 g/mol. The van der Waals surface area contributed by atoms with Crippen molar-refractivity contribution in [2.75, 3.05) is 36.4 Å². The van der Waals surface area contributed by atoms with Gasteiger partial charge in [0.25, 0.3) is 0 Å². The van der Waals surface area contributed by atoms with E-state index >= 15 is 0 Å². The highest BCUT2D eigenvalue weighted by Gasteiger charge is 2.18. The van der Waals surface area contributed by atoms with Gasteiger partial charge in [-0.25, -0.2) is 15.0 Å². The highest BCUT2D eigenvalue weighted by atomic mass is 35.5. The van der Waals surface area contributed by atoms with Gasteiger partial charge in [-0.05, 0) is 24.1 Å². The molecule has 29 heavy (non-hydrogen) atoms. The van der Waals surface area contributed by atoms with Gasteiger partial charge in [0, 0.05) is 38.1 Å². The van der Waals surface area contributed by atoms with Crippen LogP contribution in [0.1, 0.15) is 25.5 Å². The number of rotatable bonds is 5. The number of hydrogen-bond acceptors (Lipinski definition) is 7. The third-order valence-electron chi connectivity index (χ3n) is 4.71. The van der Waals surface area contributed by atoms with Crippen molar-refractivity contribution in [3.63, 3.8) is 0 Å². The van der Waals surface area contributed by atoms with Crippen LogP contribution < -0.4 is 15.5 Å². The molecule has 4 rings (SSSR count). The molecule has 0 atom stereocenters. The van der Waals surface area contributed by atoms with Gasteiger partial charge < -0.3 is 15.5 Å². The monoisotopic (exact) mass is 434 g/mol. The summed E-state index contributed by atoms with van der Waals surface area (Å²) in [7, 11) is 0. The predicted molar refractivity (Wildman–Crippen MR) is 119 cm³/mol. The van der Waals surface area contributed by atoms with Crippen LogP contribution in [0.25, 0.3) is 11.3 Å². The first-order valence-corrected chi connectivity index (χ1v) is 9.75. The van der Waals surface area contributed by atoms with Gasteiger partial charge in [-0.2, -0.15) is 5.10 Å². The number of aromatic amines is 1. The third kappa shape index (κ3) is 4.77. The number of hydrogen-bond donors (Lipinski definition) is 3. The van der Waals surface area contributed by atoms with Crippen LogP contribution in [0, 0.1) is 0 Å². The summed E-state index contributed by atoms with van der Waals surface area (Å²) >= 11 is 6.28. The second-order valence-corrected chi connectivity index (χ2v) is 7.34. The minimum atomic E-state index is 0. The molecule has 0 saturated carbocycles. The Morgan fingerprint density at radius 1 is 1.14 bits per heavy atom. The average Bonchev–Trinajstić information content (AvgIpc) is 3.11. The lowest BCUT2D eigenvalue weighted by molar-refractivity contribution is 0.589. The molecule has 3 N–H and O–H groups in total. The Morgan fingerprint density at radius 3 is 2.62 bits per heavy atom. The van der Waals surface area contributed by atoms with Crippen LogP contribution in [0.4, 0.5) is 17.5 Å². The highest BCUT2D eigenvalue weighted by molar-refractivity contribution is 6.32. The summed E-state index contributed by atoms with van der Waals surface area (Å²) in [4.78, 5) is 15.7. The van der Waals surface area contributed by atoms with E-state index in [2.05, 4.69) is 60.6 Å². The van der Waals surface area contributed by atoms with Gasteiger partial charge in [-0.1, -0.05) is 25.4 Å². The summed E-state index contributed by atoms with van der Waals surface area (Å²) in [6.45, 7) is 8.13. The molecule has 0 aliphatic carbocycles. The lowest BCUT2D eigenvalue weighted by Crippen LogP contribution is -2.43. The summed E-state index contributed by atoms with van der Waals surface area (Å²) in [5.41, 5.74) is 3.60. The van der Waals surface area contributed by atoms with Gasteiger partial charge in [0.1, 0.15) is 5.82 Å². The molecule has 154 valence electrons. The van der Waals surface area contributed by atoms with Crippen LogP contribution in [0.3, 0.4) is 0 Å². The lowest BCUT2D eigenvalue weighted by atomic mass is 10.0. The van der Waals surface area contributed by atoms with Crippen molar-refractivity contribution >= 4 is 41.5 Å². The van der Waals surface area contributed by atoms with Crippen molar-refractivity contribution in [3.8, 4) is 11.3 Å². The van der Waals surface area contributed by atoms with E-state index in [-0.39, 0.29) is 18.3 Å². The molecule has 0 spiro atoms. The molecule has 8 nitrogen and oxygen atoms in total. The fourth-order valence-corrected chi connectivity index (χ4v) is 3.48. The fourth-order valence-electron chi connectivity index (χ4n) is 3.24. The van der Waals surface area contributed by atoms with E-state index in [4.69, 9.17) is 11.6 Å². The molecule has 0 aromatic carbocycles. The van der Waals surface area contributed by atoms with Gasteiger partial charge in [0.05, 0.1) is 23.1 Å². The molecule has 3 aromatic rings. The van der Waals surface area contributed by atoms with Crippen molar-refractivity contribution < 1.29 is 0 Å². The maximum Gasteiger partial charge on any atom is 0.228 e. The van der Waals surface area contributed by atoms with Crippen molar-refractivity contribution in [2.24, 2.45) is 0 Å². The number of piperazine rings is 1. The standard InChI is InChI=1S/C19H23ClN8.ClH/c1-12(2)17-16(18(20)27-26-17)14-5-6-22-19(24-14)25-15-4-3-13(11-23-15)28-9-7-21-8-10-28;/h3-6,11-12,21H,7-10H2,1-2H3,(H,26,27)(H,22,23,24,25);1H. The van der Waals surface area contributed by atoms with E-state index in [0.717, 1.165) is 48.8 Å². The first-order chi connectivity index (χ1) is 13.6. The minimum Gasteiger partial charge on any atom is -0.368 e. The number of anilines is 3. The maximum absolute atomic E-state index is 6.28. The molecular formula is C19H24Cl2N8. The molecule has 10 heteroatoms. The molecule has 0 bridgehead atoms. The second-order valence-electron chi connectivity index (χ2n) is 6.99. The Bertz CT molecular complexity index is 936. The number of H-pyrrole nitrogens is 1. The van der Waals surface area contributed by atoms with Crippen molar-refractivity contribution in [2.45, 2.75) is 19.8 Å². The number of nitrogens with one attached hydrogen (secondary N) is 3. The SMILES string of the molecule is CC(C)c1[nH]nc(Cl)c1-c1ccnc(Nc2ccc(N3CCNCC3)cn2)n1.Cl. The quantitative estimate of drug-likeness (QED) is 0.564. The van der Waals surface area contributed by atoms with Gasteiger partial charge in [-0.3, -0.25) is 5.10 Å². The first-order valence-electron chi connectivity index (χ1n) is 9.37. The van der Waals surface area contributed by atoms with Crippen LogP contribution in [0.2, 0.25) is 5.15 Å². The summed E-state index contributed by atoms with van der Waals surface area (Å²) < 4.78 is 0. The molecule has 1 saturated heterocycles. The minimum absolute atomic E-state index is 0. The molecular weight excluding hydrogens is 411 g/mol. The zero-order valence-corrected chi connectivity index (χ0v) is 17.9. The Kier molecular flexibility index (Phi) is 6.89. The number of aromatic nitrogens is 5. The second kappa shape index (κ2) is 9.39. The summed E-state index contributed by atoms with van der Waals surface area (Å²) in [5, 5.41) is 14.0. The number of pyridine rings is 1. The normalized spacial score (nSPS) is 14.0. The van der Waals surface area contributed by atoms with Crippen molar-refractivity contribution in [1.82, 2.24) is 30.5 Å². The molecule has 4 heterocycles. The van der Waals surface area contributed by atoms with E-state index in [9.17, 15) is 0 Å². The van der Waals surface area contributed by atoms with Gasteiger partial charge in [-0.15, -0.1) is 12.4 Å². The Morgan fingerprint density at radius 2 is 1.93 bits per heavy atom. The molecule has 0 amide bonds. The topological polar surface area (TPSA) is 94.7 Å². The van der Waals surface area contributed by atoms with Crippen molar-refractivity contribution in [3.05, 3.63) is 41.4 Å². The molecule has 1 aliphatic rings. The van der Waals surface area contributed by atoms with E-state index in [1.54, 1.807) is 6.20 Å².